The second-order valence-corrected chi connectivity index (χ2v) is 5.45. The van der Waals surface area contributed by atoms with Crippen molar-refractivity contribution in [3.05, 3.63) is 65.3 Å². The number of halogens is 1. The molecule has 0 radical (unpaired) electrons. The Morgan fingerprint density at radius 3 is 2.55 bits per heavy atom. The van der Waals surface area contributed by atoms with E-state index in [9.17, 15) is 0 Å². The molecule has 0 aliphatic carbocycles. The minimum atomic E-state index is 0.846. The third-order valence-corrected chi connectivity index (χ3v) is 4.11. The van der Waals surface area contributed by atoms with E-state index < -0.39 is 0 Å². The molecule has 0 unspecified atom stereocenters. The highest BCUT2D eigenvalue weighted by molar-refractivity contribution is 9.10. The van der Waals surface area contributed by atoms with E-state index in [2.05, 4.69) is 44.3 Å². The topological polar surface area (TPSA) is 30.2 Å². The second kappa shape index (κ2) is 4.42. The zero-order valence-corrected chi connectivity index (χ0v) is 12.1. The fraction of sp³-hybridized carbons (Fsp3) is 0. The van der Waals surface area contributed by atoms with E-state index >= 15 is 0 Å². The Bertz CT molecular complexity index is 927. The summed E-state index contributed by atoms with van der Waals surface area (Å²) in [4.78, 5) is 0. The molecule has 4 rings (SSSR count). The van der Waals surface area contributed by atoms with Crippen LogP contribution in [0.15, 0.2) is 65.3 Å². The van der Waals surface area contributed by atoms with E-state index in [1.165, 1.54) is 5.39 Å². The molecular weight excluding hydrogens is 314 g/mol. The summed E-state index contributed by atoms with van der Waals surface area (Å²) in [6, 6.07) is 18.3. The monoisotopic (exact) mass is 323 g/mol. The van der Waals surface area contributed by atoms with Gasteiger partial charge < -0.3 is 0 Å². The Hall–Kier alpha value is -2.20. The van der Waals surface area contributed by atoms with Crippen LogP contribution >= 0.6 is 15.9 Å². The average Bonchev–Trinajstić information content (AvgIpc) is 2.92. The largest absolute Gasteiger partial charge is 0.282 e. The molecule has 0 aliphatic heterocycles. The first kappa shape index (κ1) is 11.6. The molecule has 2 aromatic carbocycles. The van der Waals surface area contributed by atoms with Gasteiger partial charge >= 0.3 is 0 Å². The van der Waals surface area contributed by atoms with Gasteiger partial charge in [-0.05, 0) is 17.5 Å². The number of pyridine rings is 1. The van der Waals surface area contributed by atoms with Gasteiger partial charge in [-0.1, -0.05) is 58.4 Å². The van der Waals surface area contributed by atoms with Crippen LogP contribution in [0.1, 0.15) is 0 Å². The summed E-state index contributed by atoms with van der Waals surface area (Å²) >= 11 is 3.57. The van der Waals surface area contributed by atoms with Crippen molar-refractivity contribution < 1.29 is 0 Å². The van der Waals surface area contributed by atoms with Gasteiger partial charge in [-0.2, -0.15) is 0 Å². The molecule has 0 bridgehead atoms. The Morgan fingerprint density at radius 1 is 0.850 bits per heavy atom. The fourth-order valence-corrected chi connectivity index (χ4v) is 2.91. The molecule has 3 nitrogen and oxygen atoms in total. The van der Waals surface area contributed by atoms with Gasteiger partial charge in [0.2, 0.25) is 0 Å². The molecule has 4 heteroatoms. The molecule has 2 aromatic heterocycles. The number of hydrogen-bond acceptors (Lipinski definition) is 2. The fourth-order valence-electron chi connectivity index (χ4n) is 2.44. The smallest absolute Gasteiger partial charge is 0.169 e. The summed E-state index contributed by atoms with van der Waals surface area (Å²) in [6.45, 7) is 0. The predicted molar refractivity (Wildman–Crippen MR) is 83.6 cm³/mol. The highest BCUT2D eigenvalue weighted by Crippen LogP contribution is 2.28. The van der Waals surface area contributed by atoms with Gasteiger partial charge in [0.1, 0.15) is 0 Å². The Balaban J connectivity index is 2.08. The quantitative estimate of drug-likeness (QED) is 0.522. The van der Waals surface area contributed by atoms with Crippen LogP contribution in [0.25, 0.3) is 27.8 Å². The molecule has 0 saturated heterocycles. The molecule has 4 aromatic rings. The van der Waals surface area contributed by atoms with Gasteiger partial charge in [0.05, 0.1) is 0 Å². The number of nitrogens with zero attached hydrogens (tertiary/aromatic N) is 3. The Kier molecular flexibility index (Phi) is 2.57. The molecule has 2 heterocycles. The van der Waals surface area contributed by atoms with Gasteiger partial charge in [0.15, 0.2) is 11.5 Å². The van der Waals surface area contributed by atoms with Crippen molar-refractivity contribution in [1.82, 2.24) is 14.6 Å². The van der Waals surface area contributed by atoms with Gasteiger partial charge in [-0.3, -0.25) is 4.40 Å². The summed E-state index contributed by atoms with van der Waals surface area (Å²) in [6.07, 6.45) is 2.02. The van der Waals surface area contributed by atoms with Crippen molar-refractivity contribution in [2.45, 2.75) is 0 Å². The summed E-state index contributed by atoms with van der Waals surface area (Å²) < 4.78 is 3.05. The standard InChI is InChI=1S/C16H10BrN3/c17-14-8-4-3-7-13(14)16-19-18-15-12-6-2-1-5-11(12)9-10-20(15)16/h1-10H. The summed E-state index contributed by atoms with van der Waals surface area (Å²) in [5.41, 5.74) is 1.92. The Labute approximate surface area is 124 Å². The molecule has 0 spiro atoms. The zero-order valence-electron chi connectivity index (χ0n) is 10.5. The molecule has 20 heavy (non-hydrogen) atoms. The molecule has 0 amide bonds. The van der Waals surface area contributed by atoms with E-state index in [4.69, 9.17) is 0 Å². The van der Waals surface area contributed by atoms with Crippen molar-refractivity contribution in [3.63, 3.8) is 0 Å². The van der Waals surface area contributed by atoms with Crippen LogP contribution in [0, 0.1) is 0 Å². The van der Waals surface area contributed by atoms with Gasteiger partial charge in [0.25, 0.3) is 0 Å². The van der Waals surface area contributed by atoms with Crippen LogP contribution in [-0.4, -0.2) is 14.6 Å². The molecule has 0 N–H and O–H groups in total. The lowest BCUT2D eigenvalue weighted by molar-refractivity contribution is 1.11. The lowest BCUT2D eigenvalue weighted by atomic mass is 10.1. The number of aromatic nitrogens is 3. The molecule has 0 saturated carbocycles. The van der Waals surface area contributed by atoms with Gasteiger partial charge in [-0.15, -0.1) is 10.2 Å². The highest BCUT2D eigenvalue weighted by Gasteiger charge is 2.12. The van der Waals surface area contributed by atoms with Crippen LogP contribution in [0.4, 0.5) is 0 Å². The van der Waals surface area contributed by atoms with E-state index in [1.54, 1.807) is 0 Å². The minimum Gasteiger partial charge on any atom is -0.282 e. The number of benzene rings is 2. The summed E-state index contributed by atoms with van der Waals surface area (Å²) in [5, 5.41) is 11.0. The van der Waals surface area contributed by atoms with Crippen LogP contribution < -0.4 is 0 Å². The normalized spacial score (nSPS) is 11.2. The van der Waals surface area contributed by atoms with Crippen LogP contribution in [0.3, 0.4) is 0 Å². The average molecular weight is 324 g/mol. The molecule has 0 fully saturated rings. The zero-order chi connectivity index (χ0) is 13.5. The van der Waals surface area contributed by atoms with Gasteiger partial charge in [0, 0.05) is 21.6 Å². The highest BCUT2D eigenvalue weighted by atomic mass is 79.9. The van der Waals surface area contributed by atoms with Crippen molar-refractivity contribution in [2.24, 2.45) is 0 Å². The lowest BCUT2D eigenvalue weighted by Gasteiger charge is -2.04. The number of hydrogen-bond donors (Lipinski definition) is 0. The van der Waals surface area contributed by atoms with E-state index in [1.807, 2.05) is 47.0 Å². The van der Waals surface area contributed by atoms with Crippen LogP contribution in [-0.2, 0) is 0 Å². The maximum Gasteiger partial charge on any atom is 0.169 e. The first-order valence-electron chi connectivity index (χ1n) is 6.32. The molecule has 96 valence electrons. The van der Waals surface area contributed by atoms with Crippen molar-refractivity contribution in [2.75, 3.05) is 0 Å². The summed E-state index contributed by atoms with van der Waals surface area (Å²) in [5.74, 6) is 0.846. The van der Waals surface area contributed by atoms with Crippen molar-refractivity contribution in [3.8, 4) is 11.4 Å². The molecular formula is C16H10BrN3. The third-order valence-electron chi connectivity index (χ3n) is 3.42. The van der Waals surface area contributed by atoms with Crippen molar-refractivity contribution in [1.29, 1.82) is 0 Å². The number of fused-ring (bicyclic) bond motifs is 3. The van der Waals surface area contributed by atoms with E-state index in [0.29, 0.717) is 0 Å². The molecule has 0 aliphatic rings. The summed E-state index contributed by atoms with van der Waals surface area (Å²) in [7, 11) is 0. The van der Waals surface area contributed by atoms with E-state index in [-0.39, 0.29) is 0 Å². The van der Waals surface area contributed by atoms with Crippen molar-refractivity contribution >= 4 is 32.3 Å². The van der Waals surface area contributed by atoms with Gasteiger partial charge in [-0.25, -0.2) is 0 Å². The first-order chi connectivity index (χ1) is 9.84. The lowest BCUT2D eigenvalue weighted by Crippen LogP contribution is -1.90. The maximum atomic E-state index is 4.36. The Morgan fingerprint density at radius 2 is 1.65 bits per heavy atom. The van der Waals surface area contributed by atoms with Crippen LogP contribution in [0.5, 0.6) is 0 Å². The first-order valence-corrected chi connectivity index (χ1v) is 7.11. The number of rotatable bonds is 1. The third kappa shape index (κ3) is 1.65. The van der Waals surface area contributed by atoms with E-state index in [0.717, 1.165) is 26.9 Å². The SMILES string of the molecule is Brc1ccccc1-c1nnc2c3ccccc3ccn12. The predicted octanol–water partition coefficient (Wildman–Crippen LogP) is 4.31. The molecule has 0 atom stereocenters. The second-order valence-electron chi connectivity index (χ2n) is 4.60. The minimum absolute atomic E-state index is 0.846. The van der Waals surface area contributed by atoms with Crippen LogP contribution in [0.2, 0.25) is 0 Å². The maximum absolute atomic E-state index is 4.36.